The van der Waals surface area contributed by atoms with E-state index in [1.165, 1.54) is 0 Å². The van der Waals surface area contributed by atoms with E-state index >= 15 is 0 Å². The molecule has 1 aliphatic rings. The molecule has 3 rings (SSSR count). The van der Waals surface area contributed by atoms with Crippen LogP contribution in [0.1, 0.15) is 24.5 Å². The van der Waals surface area contributed by atoms with Crippen molar-refractivity contribution in [3.8, 4) is 0 Å². The van der Waals surface area contributed by atoms with Crippen molar-refractivity contribution < 1.29 is 9.59 Å². The lowest BCUT2D eigenvalue weighted by molar-refractivity contribution is -0.128. The minimum absolute atomic E-state index is 0.0442. The molecular formula is C20H22N2O2. The first kappa shape index (κ1) is 16.2. The highest BCUT2D eigenvalue weighted by Gasteiger charge is 2.34. The Morgan fingerprint density at radius 3 is 2.58 bits per heavy atom. The predicted molar refractivity (Wildman–Crippen MR) is 94.4 cm³/mol. The molecule has 124 valence electrons. The van der Waals surface area contributed by atoms with Crippen LogP contribution < -0.4 is 5.32 Å². The number of benzene rings is 2. The molecule has 2 aromatic carbocycles. The van der Waals surface area contributed by atoms with E-state index in [9.17, 15) is 9.59 Å². The monoisotopic (exact) mass is 322 g/mol. The van der Waals surface area contributed by atoms with Gasteiger partial charge < -0.3 is 10.2 Å². The lowest BCUT2D eigenvalue weighted by Crippen LogP contribution is -2.28. The summed E-state index contributed by atoms with van der Waals surface area (Å²) in [5, 5.41) is 2.99. The van der Waals surface area contributed by atoms with E-state index in [2.05, 4.69) is 12.2 Å². The summed E-state index contributed by atoms with van der Waals surface area (Å²) in [4.78, 5) is 26.5. The molecule has 4 nitrogen and oxygen atoms in total. The second kappa shape index (κ2) is 7.30. The number of hydrogen-bond donors (Lipinski definition) is 1. The van der Waals surface area contributed by atoms with E-state index in [4.69, 9.17) is 0 Å². The number of anilines is 1. The van der Waals surface area contributed by atoms with Crippen LogP contribution in [0.4, 0.5) is 5.69 Å². The Balaban J connectivity index is 1.63. The van der Waals surface area contributed by atoms with E-state index in [1.54, 1.807) is 4.90 Å². The number of amides is 2. The molecule has 0 bridgehead atoms. The molecule has 1 heterocycles. The summed E-state index contributed by atoms with van der Waals surface area (Å²) < 4.78 is 0. The highest BCUT2D eigenvalue weighted by Crippen LogP contribution is 2.23. The average Bonchev–Trinajstić information content (AvgIpc) is 2.97. The van der Waals surface area contributed by atoms with Crippen LogP contribution in [-0.4, -0.2) is 23.3 Å². The van der Waals surface area contributed by atoms with Crippen molar-refractivity contribution in [3.05, 3.63) is 65.7 Å². The van der Waals surface area contributed by atoms with Crippen molar-refractivity contribution in [2.45, 2.75) is 26.3 Å². The minimum atomic E-state index is -0.286. The third-order valence-corrected chi connectivity index (χ3v) is 4.46. The van der Waals surface area contributed by atoms with Crippen molar-refractivity contribution >= 4 is 17.5 Å². The van der Waals surface area contributed by atoms with E-state index in [1.807, 2.05) is 54.6 Å². The summed E-state index contributed by atoms with van der Waals surface area (Å²) in [5.41, 5.74) is 3.04. The van der Waals surface area contributed by atoms with Crippen LogP contribution in [0, 0.1) is 5.92 Å². The molecule has 0 unspecified atom stereocenters. The number of aryl methyl sites for hydroxylation is 1. The van der Waals surface area contributed by atoms with Crippen LogP contribution in [0.2, 0.25) is 0 Å². The molecule has 0 radical (unpaired) electrons. The summed E-state index contributed by atoms with van der Waals surface area (Å²) in [5.74, 6) is -0.311. The average molecular weight is 322 g/mol. The largest absolute Gasteiger partial charge is 0.338 e. The van der Waals surface area contributed by atoms with Crippen LogP contribution >= 0.6 is 0 Å². The topological polar surface area (TPSA) is 49.4 Å². The number of nitrogens with zero attached hydrogens (tertiary/aromatic N) is 1. The molecule has 1 N–H and O–H groups in total. The number of hydrogen-bond acceptors (Lipinski definition) is 2. The molecule has 0 spiro atoms. The van der Waals surface area contributed by atoms with Crippen molar-refractivity contribution in [1.82, 2.24) is 4.90 Å². The van der Waals surface area contributed by atoms with E-state index < -0.39 is 0 Å². The molecular weight excluding hydrogens is 300 g/mol. The Bertz CT molecular complexity index is 727. The zero-order chi connectivity index (χ0) is 16.9. The van der Waals surface area contributed by atoms with E-state index in [-0.39, 0.29) is 24.2 Å². The standard InChI is InChI=1S/C20H22N2O2/c1-2-16-10-6-7-11-18(16)21-20(24)17-12-19(23)22(14-17)13-15-8-4-3-5-9-15/h3-11,17H,2,12-14H2,1H3,(H,21,24)/t17-/m0/s1. The number of para-hydroxylation sites is 1. The first-order valence-corrected chi connectivity index (χ1v) is 8.38. The quantitative estimate of drug-likeness (QED) is 0.919. The molecule has 0 saturated carbocycles. The maximum atomic E-state index is 12.5. The summed E-state index contributed by atoms with van der Waals surface area (Å²) in [6.45, 7) is 3.11. The van der Waals surface area contributed by atoms with Gasteiger partial charge in [0.2, 0.25) is 11.8 Å². The van der Waals surface area contributed by atoms with Gasteiger partial charge in [0, 0.05) is 25.2 Å². The third kappa shape index (κ3) is 3.65. The molecule has 0 aromatic heterocycles. The van der Waals surface area contributed by atoms with Crippen molar-refractivity contribution in [1.29, 1.82) is 0 Å². The summed E-state index contributed by atoms with van der Waals surface area (Å²) in [7, 11) is 0. The van der Waals surface area contributed by atoms with E-state index in [0.29, 0.717) is 13.1 Å². The second-order valence-electron chi connectivity index (χ2n) is 6.16. The predicted octanol–water partition coefficient (Wildman–Crippen LogP) is 3.24. The Kier molecular flexibility index (Phi) is 4.94. The molecule has 1 fully saturated rings. The van der Waals surface area contributed by atoms with Crippen molar-refractivity contribution in [3.63, 3.8) is 0 Å². The highest BCUT2D eigenvalue weighted by atomic mass is 16.2. The number of carbonyl (C=O) groups excluding carboxylic acids is 2. The van der Waals surface area contributed by atoms with Crippen molar-refractivity contribution in [2.75, 3.05) is 11.9 Å². The Morgan fingerprint density at radius 2 is 1.83 bits per heavy atom. The smallest absolute Gasteiger partial charge is 0.229 e. The minimum Gasteiger partial charge on any atom is -0.338 e. The molecule has 2 amide bonds. The van der Waals surface area contributed by atoms with Gasteiger partial charge in [-0.15, -0.1) is 0 Å². The van der Waals surface area contributed by atoms with Crippen LogP contribution in [-0.2, 0) is 22.6 Å². The zero-order valence-electron chi connectivity index (χ0n) is 13.9. The molecule has 4 heteroatoms. The van der Waals surface area contributed by atoms with Gasteiger partial charge in [-0.3, -0.25) is 9.59 Å². The number of carbonyl (C=O) groups is 2. The normalized spacial score (nSPS) is 17.1. The van der Waals surface area contributed by atoms with Crippen LogP contribution in [0.5, 0.6) is 0 Å². The maximum absolute atomic E-state index is 12.5. The highest BCUT2D eigenvalue weighted by molar-refractivity contribution is 5.97. The molecule has 1 saturated heterocycles. The maximum Gasteiger partial charge on any atom is 0.229 e. The Morgan fingerprint density at radius 1 is 1.12 bits per heavy atom. The van der Waals surface area contributed by atoms with Crippen LogP contribution in [0.3, 0.4) is 0 Å². The molecule has 1 atom stereocenters. The van der Waals surface area contributed by atoms with Gasteiger partial charge in [0.25, 0.3) is 0 Å². The number of nitrogens with one attached hydrogen (secondary N) is 1. The lowest BCUT2D eigenvalue weighted by atomic mass is 10.1. The fourth-order valence-electron chi connectivity index (χ4n) is 3.09. The molecule has 2 aromatic rings. The molecule has 24 heavy (non-hydrogen) atoms. The summed E-state index contributed by atoms with van der Waals surface area (Å²) in [6, 6.07) is 17.7. The Labute approximate surface area is 142 Å². The number of likely N-dealkylation sites (tertiary alicyclic amines) is 1. The van der Waals surface area contributed by atoms with E-state index in [0.717, 1.165) is 23.2 Å². The summed E-state index contributed by atoms with van der Waals surface area (Å²) in [6.07, 6.45) is 1.15. The SMILES string of the molecule is CCc1ccccc1NC(=O)[C@H]1CC(=O)N(Cc2ccccc2)C1. The van der Waals surface area contributed by atoms with Gasteiger partial charge in [-0.25, -0.2) is 0 Å². The van der Waals surface area contributed by atoms with Gasteiger partial charge >= 0.3 is 0 Å². The fourth-order valence-corrected chi connectivity index (χ4v) is 3.09. The van der Waals surface area contributed by atoms with Gasteiger partial charge in [0.15, 0.2) is 0 Å². The first-order valence-electron chi connectivity index (χ1n) is 8.38. The first-order chi connectivity index (χ1) is 11.7. The zero-order valence-corrected chi connectivity index (χ0v) is 13.9. The fraction of sp³-hybridized carbons (Fsp3) is 0.300. The second-order valence-corrected chi connectivity index (χ2v) is 6.16. The Hall–Kier alpha value is -2.62. The van der Waals surface area contributed by atoms with Gasteiger partial charge in [-0.1, -0.05) is 55.5 Å². The van der Waals surface area contributed by atoms with Crippen LogP contribution in [0.15, 0.2) is 54.6 Å². The van der Waals surface area contributed by atoms with Crippen molar-refractivity contribution in [2.24, 2.45) is 5.92 Å². The van der Waals surface area contributed by atoms with Gasteiger partial charge in [-0.05, 0) is 23.6 Å². The van der Waals surface area contributed by atoms with Gasteiger partial charge in [0.1, 0.15) is 0 Å². The van der Waals surface area contributed by atoms with Gasteiger partial charge in [0.05, 0.1) is 5.92 Å². The number of rotatable bonds is 5. The molecule has 0 aliphatic carbocycles. The van der Waals surface area contributed by atoms with Crippen LogP contribution in [0.25, 0.3) is 0 Å². The lowest BCUT2D eigenvalue weighted by Gasteiger charge is -2.17. The molecule has 1 aliphatic heterocycles. The third-order valence-electron chi connectivity index (χ3n) is 4.46. The summed E-state index contributed by atoms with van der Waals surface area (Å²) >= 11 is 0. The van der Waals surface area contributed by atoms with Gasteiger partial charge in [-0.2, -0.15) is 0 Å².